The van der Waals surface area contributed by atoms with Crippen molar-refractivity contribution in [2.24, 2.45) is 5.92 Å². The molecule has 1 aliphatic carbocycles. The third kappa shape index (κ3) is 3.90. The Morgan fingerprint density at radius 2 is 2.06 bits per heavy atom. The van der Waals surface area contributed by atoms with E-state index < -0.39 is 5.92 Å². The van der Waals surface area contributed by atoms with E-state index in [0.717, 1.165) is 25.9 Å². The van der Waals surface area contributed by atoms with E-state index >= 15 is 0 Å². The SMILES string of the molecule is O=C(CCNCC1CCC(F)(F)C1)N1CCCC1. The van der Waals surface area contributed by atoms with E-state index in [9.17, 15) is 13.6 Å². The zero-order chi connectivity index (χ0) is 13.0. The molecule has 5 heteroatoms. The summed E-state index contributed by atoms with van der Waals surface area (Å²) in [6.07, 6.45) is 3.32. The van der Waals surface area contributed by atoms with Gasteiger partial charge in [0.25, 0.3) is 0 Å². The number of carbonyl (C=O) groups excluding carboxylic acids is 1. The number of amides is 1. The Labute approximate surface area is 107 Å². The fraction of sp³-hybridized carbons (Fsp3) is 0.923. The fourth-order valence-corrected chi connectivity index (χ4v) is 2.84. The van der Waals surface area contributed by atoms with E-state index in [1.807, 2.05) is 4.90 Å². The number of rotatable bonds is 5. The minimum Gasteiger partial charge on any atom is -0.343 e. The van der Waals surface area contributed by atoms with Crippen molar-refractivity contribution in [2.45, 2.75) is 44.4 Å². The lowest BCUT2D eigenvalue weighted by atomic mass is 10.1. The molecule has 1 N–H and O–H groups in total. The van der Waals surface area contributed by atoms with E-state index in [-0.39, 0.29) is 24.7 Å². The monoisotopic (exact) mass is 260 g/mol. The van der Waals surface area contributed by atoms with Crippen LogP contribution in [0.5, 0.6) is 0 Å². The second-order valence-corrected chi connectivity index (χ2v) is 5.51. The third-order valence-corrected chi connectivity index (χ3v) is 3.91. The summed E-state index contributed by atoms with van der Waals surface area (Å²) in [4.78, 5) is 13.6. The number of hydrogen-bond donors (Lipinski definition) is 1. The Balaban J connectivity index is 1.55. The lowest BCUT2D eigenvalue weighted by molar-refractivity contribution is -0.130. The van der Waals surface area contributed by atoms with Crippen LogP contribution in [0.3, 0.4) is 0 Å². The van der Waals surface area contributed by atoms with Crippen LogP contribution in [0, 0.1) is 5.92 Å². The Hall–Kier alpha value is -0.710. The third-order valence-electron chi connectivity index (χ3n) is 3.91. The number of nitrogens with zero attached hydrogens (tertiary/aromatic N) is 1. The van der Waals surface area contributed by atoms with Crippen molar-refractivity contribution < 1.29 is 13.6 Å². The van der Waals surface area contributed by atoms with Crippen molar-refractivity contribution in [3.8, 4) is 0 Å². The van der Waals surface area contributed by atoms with E-state index in [4.69, 9.17) is 0 Å². The van der Waals surface area contributed by atoms with Crippen LogP contribution in [-0.4, -0.2) is 42.9 Å². The zero-order valence-corrected chi connectivity index (χ0v) is 10.8. The van der Waals surface area contributed by atoms with Crippen LogP contribution in [0.15, 0.2) is 0 Å². The highest BCUT2D eigenvalue weighted by atomic mass is 19.3. The summed E-state index contributed by atoms with van der Waals surface area (Å²) < 4.78 is 25.9. The molecule has 0 aromatic rings. The maximum atomic E-state index is 12.9. The summed E-state index contributed by atoms with van der Waals surface area (Å²) in [5, 5.41) is 3.14. The minimum atomic E-state index is -2.46. The molecule has 1 atom stereocenters. The molecule has 1 saturated heterocycles. The lowest BCUT2D eigenvalue weighted by Gasteiger charge is -2.16. The van der Waals surface area contributed by atoms with Gasteiger partial charge in [-0.3, -0.25) is 4.79 Å². The standard InChI is InChI=1S/C13H22F2N2O/c14-13(15)5-3-11(9-13)10-16-6-4-12(18)17-7-1-2-8-17/h11,16H,1-10H2. The van der Waals surface area contributed by atoms with Gasteiger partial charge in [0.05, 0.1) is 0 Å². The molecule has 2 rings (SSSR count). The van der Waals surface area contributed by atoms with Crippen LogP contribution in [0.2, 0.25) is 0 Å². The van der Waals surface area contributed by atoms with Gasteiger partial charge in [0, 0.05) is 38.9 Å². The van der Waals surface area contributed by atoms with Gasteiger partial charge in [-0.2, -0.15) is 0 Å². The molecule has 1 saturated carbocycles. The summed E-state index contributed by atoms with van der Waals surface area (Å²) in [7, 11) is 0. The van der Waals surface area contributed by atoms with Gasteiger partial charge in [0.1, 0.15) is 0 Å². The fourth-order valence-electron chi connectivity index (χ4n) is 2.84. The number of likely N-dealkylation sites (tertiary alicyclic amines) is 1. The molecule has 0 bridgehead atoms. The van der Waals surface area contributed by atoms with Gasteiger partial charge in [-0.15, -0.1) is 0 Å². The van der Waals surface area contributed by atoms with Crippen LogP contribution in [0.1, 0.15) is 38.5 Å². The summed E-state index contributed by atoms with van der Waals surface area (Å²) >= 11 is 0. The molecule has 3 nitrogen and oxygen atoms in total. The first kappa shape index (κ1) is 13.7. The molecule has 104 valence electrons. The minimum absolute atomic E-state index is 0.0000709. The van der Waals surface area contributed by atoms with Gasteiger partial charge in [-0.05, 0) is 31.7 Å². The quantitative estimate of drug-likeness (QED) is 0.767. The van der Waals surface area contributed by atoms with Crippen LogP contribution in [-0.2, 0) is 4.79 Å². The summed E-state index contributed by atoms with van der Waals surface area (Å²) in [5.74, 6) is -2.20. The Morgan fingerprint density at radius 1 is 1.33 bits per heavy atom. The second-order valence-electron chi connectivity index (χ2n) is 5.51. The van der Waals surface area contributed by atoms with Gasteiger partial charge in [0.15, 0.2) is 0 Å². The summed E-state index contributed by atoms with van der Waals surface area (Å²) in [6.45, 7) is 2.99. The van der Waals surface area contributed by atoms with Crippen LogP contribution >= 0.6 is 0 Å². The highest BCUT2D eigenvalue weighted by Gasteiger charge is 2.38. The van der Waals surface area contributed by atoms with E-state index in [1.165, 1.54) is 0 Å². The average Bonchev–Trinajstić information content (AvgIpc) is 2.93. The number of alkyl halides is 2. The molecule has 0 radical (unpaired) electrons. The Morgan fingerprint density at radius 3 is 2.67 bits per heavy atom. The van der Waals surface area contributed by atoms with Crippen LogP contribution in [0.25, 0.3) is 0 Å². The number of hydrogen-bond acceptors (Lipinski definition) is 2. The topological polar surface area (TPSA) is 32.3 Å². The lowest BCUT2D eigenvalue weighted by Crippen LogP contribution is -2.32. The van der Waals surface area contributed by atoms with Gasteiger partial charge < -0.3 is 10.2 Å². The van der Waals surface area contributed by atoms with E-state index in [0.29, 0.717) is 25.9 Å². The Bertz CT molecular complexity index is 291. The highest BCUT2D eigenvalue weighted by molar-refractivity contribution is 5.76. The molecule has 1 unspecified atom stereocenters. The van der Waals surface area contributed by atoms with Gasteiger partial charge >= 0.3 is 0 Å². The van der Waals surface area contributed by atoms with Crippen molar-refractivity contribution >= 4 is 5.91 Å². The Kier molecular flexibility index (Phi) is 4.54. The molecule has 1 aliphatic heterocycles. The second kappa shape index (κ2) is 5.95. The first-order valence-electron chi connectivity index (χ1n) is 6.93. The van der Waals surface area contributed by atoms with Gasteiger partial charge in [0.2, 0.25) is 11.8 Å². The average molecular weight is 260 g/mol. The van der Waals surface area contributed by atoms with Crippen molar-refractivity contribution in [2.75, 3.05) is 26.2 Å². The maximum absolute atomic E-state index is 12.9. The molecule has 0 aromatic heterocycles. The molecule has 2 fully saturated rings. The number of carbonyl (C=O) groups is 1. The summed E-state index contributed by atoms with van der Waals surface area (Å²) in [6, 6.07) is 0. The van der Waals surface area contributed by atoms with Crippen molar-refractivity contribution in [1.82, 2.24) is 10.2 Å². The number of halogens is 2. The van der Waals surface area contributed by atoms with Crippen LogP contribution < -0.4 is 5.32 Å². The smallest absolute Gasteiger partial charge is 0.248 e. The number of nitrogens with one attached hydrogen (secondary N) is 1. The zero-order valence-electron chi connectivity index (χ0n) is 10.8. The van der Waals surface area contributed by atoms with Crippen molar-refractivity contribution in [3.05, 3.63) is 0 Å². The van der Waals surface area contributed by atoms with Crippen molar-refractivity contribution in [3.63, 3.8) is 0 Å². The molecule has 1 amide bonds. The molecule has 2 aliphatic rings. The highest BCUT2D eigenvalue weighted by Crippen LogP contribution is 2.38. The summed E-state index contributed by atoms with van der Waals surface area (Å²) in [5.41, 5.74) is 0. The largest absolute Gasteiger partial charge is 0.343 e. The molecule has 0 spiro atoms. The van der Waals surface area contributed by atoms with E-state index in [2.05, 4.69) is 5.32 Å². The first-order valence-corrected chi connectivity index (χ1v) is 6.93. The maximum Gasteiger partial charge on any atom is 0.248 e. The van der Waals surface area contributed by atoms with E-state index in [1.54, 1.807) is 0 Å². The first-order chi connectivity index (χ1) is 8.57. The van der Waals surface area contributed by atoms with Gasteiger partial charge in [-0.1, -0.05) is 0 Å². The molecule has 0 aromatic carbocycles. The molecular formula is C13H22F2N2O. The predicted molar refractivity (Wildman–Crippen MR) is 65.6 cm³/mol. The molecule has 18 heavy (non-hydrogen) atoms. The van der Waals surface area contributed by atoms with Crippen molar-refractivity contribution in [1.29, 1.82) is 0 Å². The molecule has 1 heterocycles. The normalized spacial score (nSPS) is 26.8. The predicted octanol–water partition coefficient (Wildman–Crippen LogP) is 2.02. The van der Waals surface area contributed by atoms with Gasteiger partial charge in [-0.25, -0.2) is 8.78 Å². The van der Waals surface area contributed by atoms with Crippen LogP contribution in [0.4, 0.5) is 8.78 Å². The molecular weight excluding hydrogens is 238 g/mol.